The smallest absolute Gasteiger partial charge is 0.254 e. The van der Waals surface area contributed by atoms with Crippen LogP contribution in [0, 0.1) is 4.77 Å². The number of hydrogen-bond donors (Lipinski definition) is 1. The Morgan fingerprint density at radius 2 is 1.79 bits per heavy atom. The predicted molar refractivity (Wildman–Crippen MR) is 97.9 cm³/mol. The zero-order valence-corrected chi connectivity index (χ0v) is 14.5. The highest BCUT2D eigenvalue weighted by Crippen LogP contribution is 2.21. The molecule has 0 saturated heterocycles. The highest BCUT2D eigenvalue weighted by atomic mass is 32.1. The van der Waals surface area contributed by atoms with Crippen molar-refractivity contribution in [3.63, 3.8) is 0 Å². The normalized spacial score (nSPS) is 11.9. The first-order chi connectivity index (χ1) is 11.6. The number of carbonyl (C=O) groups excluding carboxylic acids is 1. The maximum Gasteiger partial charge on any atom is 0.254 e. The molecule has 1 N–H and O–H groups in total. The lowest BCUT2D eigenvalue weighted by molar-refractivity contribution is 0.0742. The van der Waals surface area contributed by atoms with Crippen LogP contribution in [0.25, 0.3) is 5.69 Å². The Morgan fingerprint density at radius 1 is 1.12 bits per heavy atom. The standard InChI is InChI=1S/C19H19N3OS/c1-14(15-6-4-3-5-7-15)21(2)18(23)16-8-10-17(11-9-16)22-13-12-20-19(22)24/h3-14H,1-2H3,(H,20,24)/t14-/m1/s1. The zero-order chi connectivity index (χ0) is 17.1. The highest BCUT2D eigenvalue weighted by molar-refractivity contribution is 7.71. The molecule has 1 amide bonds. The minimum atomic E-state index is -0.00410. The second-order valence-corrected chi connectivity index (χ2v) is 6.07. The summed E-state index contributed by atoms with van der Waals surface area (Å²) in [5.41, 5.74) is 2.70. The second kappa shape index (κ2) is 6.84. The number of aromatic amines is 1. The molecule has 0 radical (unpaired) electrons. The van der Waals surface area contributed by atoms with Crippen molar-refractivity contribution >= 4 is 18.1 Å². The Balaban J connectivity index is 1.80. The Bertz CT molecular complexity index is 881. The number of carbonyl (C=O) groups is 1. The monoisotopic (exact) mass is 337 g/mol. The van der Waals surface area contributed by atoms with Crippen LogP contribution in [0.1, 0.15) is 28.9 Å². The van der Waals surface area contributed by atoms with Gasteiger partial charge in [-0.2, -0.15) is 0 Å². The summed E-state index contributed by atoms with van der Waals surface area (Å²) < 4.78 is 2.49. The van der Waals surface area contributed by atoms with Crippen molar-refractivity contribution in [1.82, 2.24) is 14.5 Å². The zero-order valence-electron chi connectivity index (χ0n) is 13.6. The fraction of sp³-hybridized carbons (Fsp3) is 0.158. The van der Waals surface area contributed by atoms with Crippen LogP contribution in [-0.2, 0) is 0 Å². The summed E-state index contributed by atoms with van der Waals surface area (Å²) in [6.45, 7) is 2.03. The maximum absolute atomic E-state index is 12.7. The van der Waals surface area contributed by atoms with Crippen LogP contribution in [0.4, 0.5) is 0 Å². The average molecular weight is 337 g/mol. The van der Waals surface area contributed by atoms with Gasteiger partial charge >= 0.3 is 0 Å². The molecule has 0 bridgehead atoms. The van der Waals surface area contributed by atoms with Crippen LogP contribution in [0.15, 0.2) is 67.0 Å². The third-order valence-electron chi connectivity index (χ3n) is 4.22. The largest absolute Gasteiger partial charge is 0.337 e. The first-order valence-corrected chi connectivity index (χ1v) is 8.17. The molecule has 0 saturated carbocycles. The van der Waals surface area contributed by atoms with Gasteiger partial charge in [0.15, 0.2) is 4.77 Å². The molecule has 24 heavy (non-hydrogen) atoms. The van der Waals surface area contributed by atoms with E-state index in [4.69, 9.17) is 12.2 Å². The summed E-state index contributed by atoms with van der Waals surface area (Å²) in [4.78, 5) is 17.4. The molecule has 5 heteroatoms. The van der Waals surface area contributed by atoms with E-state index in [0.29, 0.717) is 10.3 Å². The van der Waals surface area contributed by atoms with E-state index in [-0.39, 0.29) is 11.9 Å². The summed E-state index contributed by atoms with van der Waals surface area (Å²) in [6.07, 6.45) is 3.65. The number of nitrogens with one attached hydrogen (secondary N) is 1. The number of benzene rings is 2. The molecule has 0 unspecified atom stereocenters. The first-order valence-electron chi connectivity index (χ1n) is 7.76. The van der Waals surface area contributed by atoms with Crippen LogP contribution in [0.2, 0.25) is 0 Å². The van der Waals surface area contributed by atoms with Crippen molar-refractivity contribution in [2.45, 2.75) is 13.0 Å². The minimum Gasteiger partial charge on any atom is -0.337 e. The van der Waals surface area contributed by atoms with Crippen molar-refractivity contribution in [2.24, 2.45) is 0 Å². The summed E-state index contributed by atoms with van der Waals surface area (Å²) in [7, 11) is 1.83. The molecule has 1 aromatic heterocycles. The Kier molecular flexibility index (Phi) is 4.62. The lowest BCUT2D eigenvalue weighted by Gasteiger charge is -2.25. The maximum atomic E-state index is 12.7. The quantitative estimate of drug-likeness (QED) is 0.718. The van der Waals surface area contributed by atoms with Gasteiger partial charge in [-0.15, -0.1) is 0 Å². The van der Waals surface area contributed by atoms with Crippen molar-refractivity contribution in [2.75, 3.05) is 7.05 Å². The molecule has 3 aromatic rings. The number of amides is 1. The molecule has 3 rings (SSSR count). The average Bonchev–Trinajstić information content (AvgIpc) is 3.06. The molecule has 0 aliphatic carbocycles. The minimum absolute atomic E-state index is 0.00410. The van der Waals surface area contributed by atoms with Crippen LogP contribution in [0.3, 0.4) is 0 Å². The Hall–Kier alpha value is -2.66. The summed E-state index contributed by atoms with van der Waals surface area (Å²) in [6, 6.07) is 17.5. The van der Waals surface area contributed by atoms with E-state index in [1.807, 2.05) is 79.3 Å². The lowest BCUT2D eigenvalue weighted by Crippen LogP contribution is -2.29. The Labute approximate surface area is 146 Å². The van der Waals surface area contributed by atoms with Crippen molar-refractivity contribution in [3.05, 3.63) is 82.9 Å². The van der Waals surface area contributed by atoms with Gasteiger partial charge in [0.2, 0.25) is 0 Å². The SMILES string of the molecule is C[C@H](c1ccccc1)N(C)C(=O)c1ccc(-n2cc[nH]c2=S)cc1. The van der Waals surface area contributed by atoms with Gasteiger partial charge < -0.3 is 9.88 Å². The molecule has 0 aliphatic heterocycles. The summed E-state index contributed by atoms with van der Waals surface area (Å²) in [5, 5.41) is 0. The van der Waals surface area contributed by atoms with E-state index in [2.05, 4.69) is 4.98 Å². The van der Waals surface area contributed by atoms with Gasteiger partial charge in [-0.25, -0.2) is 0 Å². The van der Waals surface area contributed by atoms with Gasteiger partial charge in [0, 0.05) is 30.7 Å². The second-order valence-electron chi connectivity index (χ2n) is 5.68. The molecular formula is C19H19N3OS. The lowest BCUT2D eigenvalue weighted by atomic mass is 10.1. The molecule has 0 fully saturated rings. The molecule has 4 nitrogen and oxygen atoms in total. The van der Waals surface area contributed by atoms with E-state index < -0.39 is 0 Å². The van der Waals surface area contributed by atoms with Gasteiger partial charge in [-0.05, 0) is 49.0 Å². The summed E-state index contributed by atoms with van der Waals surface area (Å²) >= 11 is 5.21. The third kappa shape index (κ3) is 3.16. The number of rotatable bonds is 4. The molecule has 0 aliphatic rings. The van der Waals surface area contributed by atoms with Gasteiger partial charge in [-0.3, -0.25) is 9.36 Å². The number of aromatic nitrogens is 2. The van der Waals surface area contributed by atoms with E-state index in [0.717, 1.165) is 11.3 Å². The third-order valence-corrected chi connectivity index (χ3v) is 4.54. The van der Waals surface area contributed by atoms with Crippen molar-refractivity contribution in [1.29, 1.82) is 0 Å². The van der Waals surface area contributed by atoms with Crippen LogP contribution in [-0.4, -0.2) is 27.4 Å². The van der Waals surface area contributed by atoms with Gasteiger partial charge in [-0.1, -0.05) is 30.3 Å². The van der Waals surface area contributed by atoms with Crippen LogP contribution >= 0.6 is 12.2 Å². The fourth-order valence-electron chi connectivity index (χ4n) is 2.62. The van der Waals surface area contributed by atoms with E-state index in [1.54, 1.807) is 11.1 Å². The van der Waals surface area contributed by atoms with Crippen molar-refractivity contribution in [3.8, 4) is 5.69 Å². The van der Waals surface area contributed by atoms with Gasteiger partial charge in [0.05, 0.1) is 6.04 Å². The molecule has 1 atom stereocenters. The highest BCUT2D eigenvalue weighted by Gasteiger charge is 2.18. The van der Waals surface area contributed by atoms with E-state index >= 15 is 0 Å². The van der Waals surface area contributed by atoms with Crippen LogP contribution < -0.4 is 0 Å². The molecular weight excluding hydrogens is 318 g/mol. The van der Waals surface area contributed by atoms with E-state index in [1.165, 1.54) is 0 Å². The van der Waals surface area contributed by atoms with Crippen LogP contribution in [0.5, 0.6) is 0 Å². The van der Waals surface area contributed by atoms with E-state index in [9.17, 15) is 4.79 Å². The number of imidazole rings is 1. The number of H-pyrrole nitrogens is 1. The summed E-state index contributed by atoms with van der Waals surface area (Å²) in [5.74, 6) is -0.00410. The fourth-order valence-corrected chi connectivity index (χ4v) is 2.86. The van der Waals surface area contributed by atoms with Crippen molar-refractivity contribution < 1.29 is 4.79 Å². The van der Waals surface area contributed by atoms with Gasteiger partial charge in [0.25, 0.3) is 5.91 Å². The first kappa shape index (κ1) is 16.2. The molecule has 0 spiro atoms. The molecule has 1 heterocycles. The molecule has 2 aromatic carbocycles. The number of hydrogen-bond acceptors (Lipinski definition) is 2. The van der Waals surface area contributed by atoms with Gasteiger partial charge in [0.1, 0.15) is 0 Å². The predicted octanol–water partition coefficient (Wildman–Crippen LogP) is 4.37. The molecule has 122 valence electrons. The topological polar surface area (TPSA) is 41.0 Å². The Morgan fingerprint density at radius 3 is 2.38 bits per heavy atom. The number of nitrogens with zero attached hydrogens (tertiary/aromatic N) is 2.